The topological polar surface area (TPSA) is 20.2 Å². The van der Waals surface area contributed by atoms with Crippen LogP contribution in [0.5, 0.6) is 0 Å². The van der Waals surface area contributed by atoms with Crippen molar-refractivity contribution in [2.45, 2.75) is 71.8 Å². The summed E-state index contributed by atoms with van der Waals surface area (Å²) < 4.78 is 0. The molecule has 0 saturated heterocycles. The molecule has 0 aromatic rings. The van der Waals surface area contributed by atoms with E-state index >= 15 is 0 Å². The lowest BCUT2D eigenvalue weighted by Crippen LogP contribution is -2.55. The van der Waals surface area contributed by atoms with Crippen LogP contribution in [-0.2, 0) is 0 Å². The van der Waals surface area contributed by atoms with E-state index in [1.54, 1.807) is 5.57 Å². The summed E-state index contributed by atoms with van der Waals surface area (Å²) in [6.45, 7) is 7.59. The molecule has 0 unspecified atom stereocenters. The Labute approximate surface area is 129 Å². The van der Waals surface area contributed by atoms with Gasteiger partial charge in [-0.3, -0.25) is 0 Å². The van der Waals surface area contributed by atoms with Crippen LogP contribution >= 0.6 is 0 Å². The summed E-state index contributed by atoms with van der Waals surface area (Å²) in [5.74, 6) is 1.64. The molecule has 4 rings (SSSR count). The zero-order valence-electron chi connectivity index (χ0n) is 13.9. The third-order valence-corrected chi connectivity index (χ3v) is 7.97. The van der Waals surface area contributed by atoms with Gasteiger partial charge in [-0.25, -0.2) is 0 Å². The molecule has 0 amide bonds. The van der Waals surface area contributed by atoms with E-state index in [-0.39, 0.29) is 6.10 Å². The largest absolute Gasteiger partial charge is 0.393 e. The molecule has 6 atom stereocenters. The molecule has 0 bridgehead atoms. The Morgan fingerprint density at radius 2 is 1.90 bits per heavy atom. The molecular weight excluding hydrogens is 256 g/mol. The average molecular weight is 286 g/mol. The highest BCUT2D eigenvalue weighted by Crippen LogP contribution is 2.68. The molecule has 4 aliphatic rings. The first kappa shape index (κ1) is 14.1. The molecule has 0 aliphatic heterocycles. The molecule has 0 aromatic carbocycles. The van der Waals surface area contributed by atoms with Crippen molar-refractivity contribution >= 4 is 0 Å². The molecule has 4 aliphatic carbocycles. The van der Waals surface area contributed by atoms with E-state index in [0.717, 1.165) is 24.7 Å². The van der Waals surface area contributed by atoms with Crippen molar-refractivity contribution in [2.24, 2.45) is 28.1 Å². The second-order valence-corrected chi connectivity index (χ2v) is 9.04. The van der Waals surface area contributed by atoms with Crippen LogP contribution in [0.4, 0.5) is 0 Å². The highest BCUT2D eigenvalue weighted by molar-refractivity contribution is 5.29. The maximum atomic E-state index is 10.1. The van der Waals surface area contributed by atoms with Crippen LogP contribution in [0.3, 0.4) is 0 Å². The number of allylic oxidation sites excluding steroid dienone is 3. The molecule has 0 spiro atoms. The second kappa shape index (κ2) is 4.25. The highest BCUT2D eigenvalue weighted by Gasteiger charge is 2.60. The van der Waals surface area contributed by atoms with Gasteiger partial charge < -0.3 is 5.11 Å². The summed E-state index contributed by atoms with van der Waals surface area (Å²) in [7, 11) is 0. The fourth-order valence-electron chi connectivity index (χ4n) is 6.77. The Kier molecular flexibility index (Phi) is 2.85. The van der Waals surface area contributed by atoms with Crippen LogP contribution in [0.2, 0.25) is 0 Å². The Balaban J connectivity index is 1.75. The molecule has 0 aromatic heterocycles. The third kappa shape index (κ3) is 1.73. The van der Waals surface area contributed by atoms with Gasteiger partial charge in [0.2, 0.25) is 0 Å². The van der Waals surface area contributed by atoms with Crippen molar-refractivity contribution in [3.8, 4) is 0 Å². The number of aliphatic hydroxyl groups is 1. The smallest absolute Gasteiger partial charge is 0.0577 e. The van der Waals surface area contributed by atoms with Gasteiger partial charge in [0, 0.05) is 0 Å². The van der Waals surface area contributed by atoms with Crippen LogP contribution in [0, 0.1) is 28.1 Å². The molecule has 0 radical (unpaired) electrons. The van der Waals surface area contributed by atoms with Crippen LogP contribution in [0.25, 0.3) is 0 Å². The number of aliphatic hydroxyl groups excluding tert-OH is 1. The number of rotatable bonds is 0. The monoisotopic (exact) mass is 286 g/mol. The van der Waals surface area contributed by atoms with Gasteiger partial charge in [-0.15, -0.1) is 0 Å². The lowest BCUT2D eigenvalue weighted by Gasteiger charge is -2.62. The van der Waals surface area contributed by atoms with E-state index in [1.807, 2.05) is 0 Å². The summed E-state index contributed by atoms with van der Waals surface area (Å²) in [5, 5.41) is 10.1. The first-order valence-electron chi connectivity index (χ1n) is 8.94. The number of fused-ring (bicyclic) bond motifs is 5. The molecule has 116 valence electrons. The Morgan fingerprint density at radius 3 is 2.71 bits per heavy atom. The van der Waals surface area contributed by atoms with E-state index in [4.69, 9.17) is 0 Å². The zero-order chi connectivity index (χ0) is 14.9. The predicted molar refractivity (Wildman–Crippen MR) is 86.8 cm³/mol. The van der Waals surface area contributed by atoms with Crippen molar-refractivity contribution in [1.29, 1.82) is 0 Å². The fraction of sp³-hybridized carbons (Fsp3) is 0.800. The molecule has 1 N–H and O–H groups in total. The molecule has 2 fully saturated rings. The Hall–Kier alpha value is -0.560. The van der Waals surface area contributed by atoms with E-state index in [2.05, 4.69) is 39.0 Å². The molecule has 1 heteroatoms. The molecule has 2 saturated carbocycles. The van der Waals surface area contributed by atoms with Gasteiger partial charge in [0.05, 0.1) is 6.10 Å². The van der Waals surface area contributed by atoms with Crippen molar-refractivity contribution in [3.63, 3.8) is 0 Å². The third-order valence-electron chi connectivity index (χ3n) is 7.97. The van der Waals surface area contributed by atoms with Gasteiger partial charge in [-0.05, 0) is 73.0 Å². The van der Waals surface area contributed by atoms with Gasteiger partial charge in [-0.1, -0.05) is 44.6 Å². The minimum absolute atomic E-state index is 0.0873. The highest BCUT2D eigenvalue weighted by atomic mass is 16.3. The maximum absolute atomic E-state index is 10.1. The number of hydrogen-bond acceptors (Lipinski definition) is 1. The van der Waals surface area contributed by atoms with Gasteiger partial charge in [0.15, 0.2) is 0 Å². The summed E-state index contributed by atoms with van der Waals surface area (Å²) in [6, 6.07) is 0. The fourth-order valence-corrected chi connectivity index (χ4v) is 6.77. The summed E-state index contributed by atoms with van der Waals surface area (Å²) >= 11 is 0. The van der Waals surface area contributed by atoms with Gasteiger partial charge in [0.25, 0.3) is 0 Å². The van der Waals surface area contributed by atoms with E-state index < -0.39 is 0 Å². The first-order chi connectivity index (χ1) is 9.88. The Morgan fingerprint density at radius 1 is 1.10 bits per heavy atom. The predicted octanol–water partition coefficient (Wildman–Crippen LogP) is 4.87. The summed E-state index contributed by atoms with van der Waals surface area (Å²) in [4.78, 5) is 0. The standard InChI is InChI=1S/C20H30O/c1-18-9-4-5-16(18)20(3)11-6-14-13-15(21)7-12-19(14,2)17(20)8-10-18/h4,6,9,15-17,21H,5,7-8,10-13H2,1-3H3/t15-,16+,17+,18-,19-,20-/m0/s1. The van der Waals surface area contributed by atoms with E-state index in [9.17, 15) is 5.11 Å². The van der Waals surface area contributed by atoms with Gasteiger partial charge >= 0.3 is 0 Å². The second-order valence-electron chi connectivity index (χ2n) is 9.04. The number of hydrogen-bond donors (Lipinski definition) is 1. The van der Waals surface area contributed by atoms with Crippen LogP contribution in [0.15, 0.2) is 23.8 Å². The van der Waals surface area contributed by atoms with Crippen LogP contribution in [0.1, 0.15) is 65.7 Å². The average Bonchev–Trinajstić information content (AvgIpc) is 2.83. The molecule has 0 heterocycles. The van der Waals surface area contributed by atoms with Crippen LogP contribution in [-0.4, -0.2) is 11.2 Å². The van der Waals surface area contributed by atoms with Gasteiger partial charge in [-0.2, -0.15) is 0 Å². The maximum Gasteiger partial charge on any atom is 0.0577 e. The van der Waals surface area contributed by atoms with Crippen molar-refractivity contribution < 1.29 is 5.11 Å². The Bertz CT molecular complexity index is 518. The minimum Gasteiger partial charge on any atom is -0.393 e. The molecular formula is C20H30O. The quantitative estimate of drug-likeness (QED) is 0.630. The van der Waals surface area contributed by atoms with E-state index in [0.29, 0.717) is 16.2 Å². The lowest BCUT2D eigenvalue weighted by atomic mass is 9.42. The van der Waals surface area contributed by atoms with Crippen LogP contribution < -0.4 is 0 Å². The van der Waals surface area contributed by atoms with Crippen molar-refractivity contribution in [2.75, 3.05) is 0 Å². The zero-order valence-corrected chi connectivity index (χ0v) is 13.9. The normalized spacial score (nSPS) is 55.4. The summed E-state index contributed by atoms with van der Waals surface area (Å²) in [6.07, 6.45) is 15.8. The SMILES string of the molecule is C[C@@]12CC=C3C[C@@H](O)CC[C@]3(C)[C@H]1CC[C@]1(C)C=CC[C@@H]21. The van der Waals surface area contributed by atoms with Crippen molar-refractivity contribution in [3.05, 3.63) is 23.8 Å². The van der Waals surface area contributed by atoms with Crippen molar-refractivity contribution in [1.82, 2.24) is 0 Å². The lowest BCUT2D eigenvalue weighted by molar-refractivity contribution is -0.0900. The minimum atomic E-state index is -0.0873. The van der Waals surface area contributed by atoms with E-state index in [1.165, 1.54) is 32.1 Å². The summed E-state index contributed by atoms with van der Waals surface area (Å²) in [5.41, 5.74) is 2.84. The van der Waals surface area contributed by atoms with Gasteiger partial charge in [0.1, 0.15) is 0 Å². The molecule has 1 nitrogen and oxygen atoms in total. The molecule has 21 heavy (non-hydrogen) atoms. The first-order valence-corrected chi connectivity index (χ1v) is 8.94.